The van der Waals surface area contributed by atoms with E-state index in [9.17, 15) is 0 Å². The van der Waals surface area contributed by atoms with Crippen molar-refractivity contribution in [2.75, 3.05) is 33.5 Å². The van der Waals surface area contributed by atoms with Crippen molar-refractivity contribution >= 4 is 41.3 Å². The number of likely N-dealkylation sites (tertiary alicyclic amines) is 1. The number of aliphatic imine (C=N–C) groups is 1. The highest BCUT2D eigenvalue weighted by molar-refractivity contribution is 14.0. The number of aryl methyl sites for hydroxylation is 1. The number of nitrogens with one attached hydrogen (secondary N) is 2. The zero-order chi connectivity index (χ0) is 20.8. The van der Waals surface area contributed by atoms with Crippen molar-refractivity contribution in [1.82, 2.24) is 20.5 Å². The number of rotatable bonds is 7. The Morgan fingerprint density at radius 1 is 1.23 bits per heavy atom. The molecule has 0 atom stereocenters. The standard InChI is InChI=1S/C22H31N5O2S.HI/c1-3-21-26-18(14-30-21)13-27-8-6-16(7-9-27)11-24-22(23-2)25-12-17-4-5-19-20(10-17)29-15-28-19;/h4-5,10,14,16H,3,6-9,11-13,15H2,1-2H3,(H2,23,24,25);1H. The van der Waals surface area contributed by atoms with Crippen molar-refractivity contribution in [3.63, 3.8) is 0 Å². The second kappa shape index (κ2) is 11.9. The second-order valence-corrected chi connectivity index (χ2v) is 8.74. The molecule has 0 bridgehead atoms. The van der Waals surface area contributed by atoms with E-state index in [0.717, 1.165) is 55.6 Å². The molecule has 2 aliphatic heterocycles. The normalized spacial score (nSPS) is 16.8. The molecule has 3 heterocycles. The van der Waals surface area contributed by atoms with Crippen molar-refractivity contribution in [1.29, 1.82) is 0 Å². The highest BCUT2D eigenvalue weighted by Crippen LogP contribution is 2.32. The van der Waals surface area contributed by atoms with Crippen LogP contribution in [0.15, 0.2) is 28.6 Å². The van der Waals surface area contributed by atoms with Gasteiger partial charge < -0.3 is 20.1 Å². The molecule has 1 aromatic heterocycles. The lowest BCUT2D eigenvalue weighted by Crippen LogP contribution is -2.42. The number of benzene rings is 1. The summed E-state index contributed by atoms with van der Waals surface area (Å²) in [6, 6.07) is 6.03. The van der Waals surface area contributed by atoms with Crippen LogP contribution in [0.25, 0.3) is 0 Å². The number of aromatic nitrogens is 1. The van der Waals surface area contributed by atoms with Crippen molar-refractivity contribution in [2.45, 2.75) is 39.3 Å². The molecule has 0 spiro atoms. The summed E-state index contributed by atoms with van der Waals surface area (Å²) in [4.78, 5) is 11.6. The fourth-order valence-corrected chi connectivity index (χ4v) is 4.60. The van der Waals surface area contributed by atoms with Crippen molar-refractivity contribution in [3.8, 4) is 11.5 Å². The van der Waals surface area contributed by atoms with Crippen molar-refractivity contribution < 1.29 is 9.47 Å². The number of fused-ring (bicyclic) bond motifs is 1. The quantitative estimate of drug-likeness (QED) is 0.308. The molecule has 0 radical (unpaired) electrons. The van der Waals surface area contributed by atoms with Gasteiger partial charge in [-0.15, -0.1) is 35.3 Å². The Kier molecular flexibility index (Phi) is 9.21. The summed E-state index contributed by atoms with van der Waals surface area (Å²) >= 11 is 1.78. The van der Waals surface area contributed by atoms with Gasteiger partial charge in [-0.25, -0.2) is 4.98 Å². The average Bonchev–Trinajstić information content (AvgIpc) is 3.43. The maximum Gasteiger partial charge on any atom is 0.231 e. The lowest BCUT2D eigenvalue weighted by Gasteiger charge is -2.31. The molecule has 2 N–H and O–H groups in total. The van der Waals surface area contributed by atoms with Crippen LogP contribution in [0.3, 0.4) is 0 Å². The number of halogens is 1. The predicted molar refractivity (Wildman–Crippen MR) is 136 cm³/mol. The van der Waals surface area contributed by atoms with Gasteiger partial charge in [0.25, 0.3) is 0 Å². The van der Waals surface area contributed by atoms with E-state index in [1.165, 1.54) is 23.5 Å². The van der Waals surface area contributed by atoms with Gasteiger partial charge in [0.05, 0.1) is 10.7 Å². The average molecular weight is 558 g/mol. The van der Waals surface area contributed by atoms with Crippen LogP contribution in [0.2, 0.25) is 0 Å². The van der Waals surface area contributed by atoms with E-state index < -0.39 is 0 Å². The molecule has 170 valence electrons. The van der Waals surface area contributed by atoms with E-state index in [2.05, 4.69) is 38.9 Å². The van der Waals surface area contributed by atoms with E-state index in [0.29, 0.717) is 19.3 Å². The van der Waals surface area contributed by atoms with Crippen LogP contribution in [0.4, 0.5) is 0 Å². The molecule has 7 nitrogen and oxygen atoms in total. The summed E-state index contributed by atoms with van der Waals surface area (Å²) in [6.45, 7) is 7.36. The molecule has 1 fully saturated rings. The number of hydrogen-bond donors (Lipinski definition) is 2. The first-order valence-electron chi connectivity index (χ1n) is 10.7. The largest absolute Gasteiger partial charge is 0.454 e. The molecule has 0 unspecified atom stereocenters. The Hall–Kier alpha value is -1.59. The van der Waals surface area contributed by atoms with Gasteiger partial charge in [-0.1, -0.05) is 13.0 Å². The Bertz CT molecular complexity index is 867. The summed E-state index contributed by atoms with van der Waals surface area (Å²) in [5, 5.41) is 10.3. The smallest absolute Gasteiger partial charge is 0.231 e. The number of hydrogen-bond acceptors (Lipinski definition) is 6. The van der Waals surface area contributed by atoms with Crippen LogP contribution in [0, 0.1) is 5.92 Å². The van der Waals surface area contributed by atoms with E-state index >= 15 is 0 Å². The number of ether oxygens (including phenoxy) is 2. The molecular formula is C22H32IN5O2S. The van der Waals surface area contributed by atoms with Crippen LogP contribution < -0.4 is 20.1 Å². The van der Waals surface area contributed by atoms with Gasteiger partial charge in [-0.2, -0.15) is 0 Å². The van der Waals surface area contributed by atoms with Crippen LogP contribution >= 0.6 is 35.3 Å². The van der Waals surface area contributed by atoms with Crippen molar-refractivity contribution in [3.05, 3.63) is 39.8 Å². The zero-order valence-corrected chi connectivity index (χ0v) is 21.4. The summed E-state index contributed by atoms with van der Waals surface area (Å²) in [7, 11) is 1.82. The lowest BCUT2D eigenvalue weighted by molar-refractivity contribution is 0.174. The maximum atomic E-state index is 5.45. The van der Waals surface area contributed by atoms with Gasteiger partial charge in [0.15, 0.2) is 17.5 Å². The van der Waals surface area contributed by atoms with Gasteiger partial charge in [0, 0.05) is 32.1 Å². The molecule has 2 aromatic rings. The Morgan fingerprint density at radius 3 is 2.77 bits per heavy atom. The van der Waals surface area contributed by atoms with E-state index in [1.54, 1.807) is 11.3 Å². The first-order valence-corrected chi connectivity index (χ1v) is 11.6. The Balaban J connectivity index is 0.00000272. The minimum atomic E-state index is 0. The molecule has 1 saturated heterocycles. The fraction of sp³-hybridized carbons (Fsp3) is 0.545. The molecular weight excluding hydrogens is 525 g/mol. The lowest BCUT2D eigenvalue weighted by atomic mass is 9.97. The number of nitrogens with zero attached hydrogens (tertiary/aromatic N) is 3. The molecule has 31 heavy (non-hydrogen) atoms. The molecule has 4 rings (SSSR count). The maximum absolute atomic E-state index is 5.45. The zero-order valence-electron chi connectivity index (χ0n) is 18.2. The van der Waals surface area contributed by atoms with Crippen LogP contribution in [0.5, 0.6) is 11.5 Å². The first kappa shape index (κ1) is 24.1. The fourth-order valence-electron chi connectivity index (χ4n) is 3.86. The van der Waals surface area contributed by atoms with Gasteiger partial charge in [0.2, 0.25) is 6.79 Å². The Labute approximate surface area is 205 Å². The van der Waals surface area contributed by atoms with Gasteiger partial charge in [-0.05, 0) is 56.0 Å². The number of guanidine groups is 1. The third-order valence-electron chi connectivity index (χ3n) is 5.67. The van der Waals surface area contributed by atoms with Crippen molar-refractivity contribution in [2.24, 2.45) is 10.9 Å². The molecule has 1 aromatic carbocycles. The molecule has 0 saturated carbocycles. The molecule has 0 aliphatic carbocycles. The van der Waals surface area contributed by atoms with Gasteiger partial charge in [0.1, 0.15) is 0 Å². The minimum Gasteiger partial charge on any atom is -0.454 e. The molecule has 2 aliphatic rings. The molecule has 9 heteroatoms. The SMILES string of the molecule is CCc1nc(CN2CCC(CNC(=NC)NCc3ccc4c(c3)OCO4)CC2)cs1.I. The summed E-state index contributed by atoms with van der Waals surface area (Å²) in [6.07, 6.45) is 3.44. The van der Waals surface area contributed by atoms with E-state index in [4.69, 9.17) is 14.5 Å². The van der Waals surface area contributed by atoms with Crippen LogP contribution in [-0.4, -0.2) is 49.3 Å². The van der Waals surface area contributed by atoms with Crippen LogP contribution in [-0.2, 0) is 19.5 Å². The predicted octanol–water partition coefficient (Wildman–Crippen LogP) is 3.63. The highest BCUT2D eigenvalue weighted by atomic mass is 127. The minimum absolute atomic E-state index is 0. The van der Waals surface area contributed by atoms with Gasteiger partial charge in [-0.3, -0.25) is 9.89 Å². The molecule has 0 amide bonds. The summed E-state index contributed by atoms with van der Waals surface area (Å²) in [5.41, 5.74) is 2.37. The summed E-state index contributed by atoms with van der Waals surface area (Å²) < 4.78 is 10.8. The highest BCUT2D eigenvalue weighted by Gasteiger charge is 2.20. The third kappa shape index (κ3) is 6.69. The third-order valence-corrected chi connectivity index (χ3v) is 6.72. The van der Waals surface area contributed by atoms with E-state index in [-0.39, 0.29) is 24.0 Å². The summed E-state index contributed by atoms with van der Waals surface area (Å²) in [5.74, 6) is 3.14. The number of thiazole rings is 1. The Morgan fingerprint density at radius 2 is 2.03 bits per heavy atom. The second-order valence-electron chi connectivity index (χ2n) is 7.80. The van der Waals surface area contributed by atoms with Gasteiger partial charge >= 0.3 is 0 Å². The number of piperidine rings is 1. The monoisotopic (exact) mass is 557 g/mol. The van der Waals surface area contributed by atoms with E-state index in [1.807, 2.05) is 19.2 Å². The van der Waals surface area contributed by atoms with Crippen LogP contribution in [0.1, 0.15) is 36.0 Å². The topological polar surface area (TPSA) is 71.0 Å². The first-order chi connectivity index (χ1) is 14.7.